The van der Waals surface area contributed by atoms with Gasteiger partial charge < -0.3 is 15.7 Å². The smallest absolute Gasteiger partial charge is 0.336 e. The second kappa shape index (κ2) is 5.62. The zero-order chi connectivity index (χ0) is 12.1. The lowest BCUT2D eigenvalue weighted by Gasteiger charge is -2.10. The molecule has 1 aromatic heterocycles. The highest BCUT2D eigenvalue weighted by molar-refractivity contribution is 7.10. The van der Waals surface area contributed by atoms with E-state index in [0.29, 0.717) is 6.54 Å². The van der Waals surface area contributed by atoms with Gasteiger partial charge in [-0.05, 0) is 13.0 Å². The first-order chi connectivity index (χ1) is 7.54. The molecule has 5 nitrogen and oxygen atoms in total. The van der Waals surface area contributed by atoms with E-state index < -0.39 is 5.97 Å². The largest absolute Gasteiger partial charge is 0.478 e. The van der Waals surface area contributed by atoms with Gasteiger partial charge in [0.25, 0.3) is 0 Å². The van der Waals surface area contributed by atoms with Gasteiger partial charge in [0.1, 0.15) is 0 Å². The third kappa shape index (κ3) is 3.32. The van der Waals surface area contributed by atoms with Crippen LogP contribution in [-0.4, -0.2) is 30.1 Å². The van der Waals surface area contributed by atoms with Crippen molar-refractivity contribution in [3.63, 3.8) is 0 Å². The van der Waals surface area contributed by atoms with Gasteiger partial charge in [0.2, 0.25) is 5.91 Å². The van der Waals surface area contributed by atoms with Crippen LogP contribution in [0.4, 0.5) is 0 Å². The number of likely N-dealkylation sites (N-methyl/N-ethyl adjacent to an activating group) is 1. The molecule has 1 aromatic rings. The van der Waals surface area contributed by atoms with Crippen LogP contribution in [0.15, 0.2) is 11.4 Å². The van der Waals surface area contributed by atoms with Gasteiger partial charge in [-0.1, -0.05) is 0 Å². The standard InChI is InChI=1S/C10H14N2O3S/c1-6(9(13)11-2)12-4-8-3-7(5-16-8)10(14)15/h3,5-6,12H,4H2,1-2H3,(H,11,13)(H,14,15). The Morgan fingerprint density at radius 3 is 2.75 bits per heavy atom. The van der Waals surface area contributed by atoms with Gasteiger partial charge in [-0.25, -0.2) is 4.79 Å². The number of carboxylic acids is 1. The maximum Gasteiger partial charge on any atom is 0.336 e. The van der Waals surface area contributed by atoms with Crippen LogP contribution in [0.2, 0.25) is 0 Å². The van der Waals surface area contributed by atoms with Gasteiger partial charge in [0, 0.05) is 23.8 Å². The SMILES string of the molecule is CNC(=O)C(C)NCc1cc(C(=O)O)cs1. The van der Waals surface area contributed by atoms with Crippen molar-refractivity contribution in [1.29, 1.82) is 0 Å². The quantitative estimate of drug-likeness (QED) is 0.709. The Morgan fingerprint density at radius 1 is 1.56 bits per heavy atom. The Labute approximate surface area is 97.5 Å². The average molecular weight is 242 g/mol. The Bertz CT molecular complexity index is 389. The number of carbonyl (C=O) groups is 2. The van der Waals surface area contributed by atoms with Gasteiger partial charge in [-0.2, -0.15) is 0 Å². The first-order valence-corrected chi connectivity index (χ1v) is 5.68. The summed E-state index contributed by atoms with van der Waals surface area (Å²) in [4.78, 5) is 22.7. The third-order valence-electron chi connectivity index (χ3n) is 2.12. The van der Waals surface area contributed by atoms with Crippen molar-refractivity contribution >= 4 is 23.2 Å². The number of aromatic carboxylic acids is 1. The first-order valence-electron chi connectivity index (χ1n) is 4.80. The monoisotopic (exact) mass is 242 g/mol. The van der Waals surface area contributed by atoms with E-state index in [-0.39, 0.29) is 17.5 Å². The lowest BCUT2D eigenvalue weighted by Crippen LogP contribution is -2.40. The average Bonchev–Trinajstić information content (AvgIpc) is 2.73. The molecule has 1 amide bonds. The fourth-order valence-corrected chi connectivity index (χ4v) is 1.96. The van der Waals surface area contributed by atoms with Crippen LogP contribution in [0.3, 0.4) is 0 Å². The van der Waals surface area contributed by atoms with E-state index in [1.807, 2.05) is 0 Å². The summed E-state index contributed by atoms with van der Waals surface area (Å²) in [6, 6.07) is 1.32. The van der Waals surface area contributed by atoms with Crippen LogP contribution in [0, 0.1) is 0 Å². The molecule has 6 heteroatoms. The fourth-order valence-electron chi connectivity index (χ4n) is 1.15. The van der Waals surface area contributed by atoms with Crippen LogP contribution >= 0.6 is 11.3 Å². The first kappa shape index (κ1) is 12.7. The molecule has 3 N–H and O–H groups in total. The summed E-state index contributed by atoms with van der Waals surface area (Å²) < 4.78 is 0. The van der Waals surface area contributed by atoms with Crippen molar-refractivity contribution in [2.75, 3.05) is 7.05 Å². The third-order valence-corrected chi connectivity index (χ3v) is 3.06. The molecule has 0 radical (unpaired) electrons. The Hall–Kier alpha value is -1.40. The molecule has 0 aromatic carbocycles. The van der Waals surface area contributed by atoms with Gasteiger partial charge in [-0.3, -0.25) is 4.79 Å². The van der Waals surface area contributed by atoms with Gasteiger partial charge in [0.15, 0.2) is 0 Å². The lowest BCUT2D eigenvalue weighted by molar-refractivity contribution is -0.122. The van der Waals surface area contributed by atoms with E-state index in [2.05, 4.69) is 10.6 Å². The van der Waals surface area contributed by atoms with Crippen LogP contribution in [0.5, 0.6) is 0 Å². The summed E-state index contributed by atoms with van der Waals surface area (Å²) in [5.74, 6) is -1.02. The molecule has 1 heterocycles. The second-order valence-electron chi connectivity index (χ2n) is 3.32. The van der Waals surface area contributed by atoms with Gasteiger partial charge in [0.05, 0.1) is 11.6 Å². The Balaban J connectivity index is 2.48. The molecule has 0 bridgehead atoms. The summed E-state index contributed by atoms with van der Waals surface area (Å²) >= 11 is 1.36. The number of hydrogen-bond donors (Lipinski definition) is 3. The predicted molar refractivity (Wildman–Crippen MR) is 61.6 cm³/mol. The molecule has 1 rings (SSSR count). The molecule has 0 spiro atoms. The highest BCUT2D eigenvalue weighted by Gasteiger charge is 2.11. The van der Waals surface area contributed by atoms with Crippen LogP contribution in [0.25, 0.3) is 0 Å². The van der Waals surface area contributed by atoms with Crippen LogP contribution in [0.1, 0.15) is 22.2 Å². The van der Waals surface area contributed by atoms with E-state index >= 15 is 0 Å². The fraction of sp³-hybridized carbons (Fsp3) is 0.400. The van der Waals surface area contributed by atoms with E-state index in [0.717, 1.165) is 4.88 Å². The number of thiophene rings is 1. The molecular formula is C10H14N2O3S. The number of carbonyl (C=O) groups excluding carboxylic acids is 1. The van der Waals surface area contributed by atoms with E-state index in [4.69, 9.17) is 5.11 Å². The summed E-state index contributed by atoms with van der Waals surface area (Å²) in [6.07, 6.45) is 0. The van der Waals surface area contributed by atoms with Crippen LogP contribution in [-0.2, 0) is 11.3 Å². The van der Waals surface area contributed by atoms with Crippen molar-refractivity contribution in [3.8, 4) is 0 Å². The topological polar surface area (TPSA) is 78.4 Å². The number of rotatable bonds is 5. The summed E-state index contributed by atoms with van der Waals surface area (Å²) in [5.41, 5.74) is 0.286. The minimum absolute atomic E-state index is 0.0879. The Kier molecular flexibility index (Phi) is 4.45. The molecule has 0 fully saturated rings. The second-order valence-corrected chi connectivity index (χ2v) is 4.32. The number of carboxylic acid groups (broad SMARTS) is 1. The van der Waals surface area contributed by atoms with Gasteiger partial charge >= 0.3 is 5.97 Å². The molecule has 1 atom stereocenters. The zero-order valence-electron chi connectivity index (χ0n) is 9.11. The Morgan fingerprint density at radius 2 is 2.25 bits per heavy atom. The van der Waals surface area contributed by atoms with Crippen molar-refractivity contribution < 1.29 is 14.7 Å². The van der Waals surface area contributed by atoms with Crippen molar-refractivity contribution in [1.82, 2.24) is 10.6 Å². The minimum Gasteiger partial charge on any atom is -0.478 e. The highest BCUT2D eigenvalue weighted by Crippen LogP contribution is 2.14. The molecular weight excluding hydrogens is 228 g/mol. The number of hydrogen-bond acceptors (Lipinski definition) is 4. The zero-order valence-corrected chi connectivity index (χ0v) is 9.93. The maximum absolute atomic E-state index is 11.2. The molecule has 0 aliphatic rings. The lowest BCUT2D eigenvalue weighted by atomic mass is 10.3. The summed E-state index contributed by atoms with van der Waals surface area (Å²) in [6.45, 7) is 2.25. The van der Waals surface area contributed by atoms with Crippen LogP contribution < -0.4 is 10.6 Å². The minimum atomic E-state index is -0.929. The van der Waals surface area contributed by atoms with Gasteiger partial charge in [-0.15, -0.1) is 11.3 Å². The predicted octanol–water partition coefficient (Wildman–Crippen LogP) is 0.670. The number of amides is 1. The van der Waals surface area contributed by atoms with Crippen molar-refractivity contribution in [2.45, 2.75) is 19.5 Å². The number of nitrogens with one attached hydrogen (secondary N) is 2. The molecule has 88 valence electrons. The summed E-state index contributed by atoms with van der Waals surface area (Å²) in [7, 11) is 1.58. The molecule has 0 aliphatic carbocycles. The van der Waals surface area contributed by atoms with Crippen molar-refractivity contribution in [3.05, 3.63) is 21.9 Å². The maximum atomic E-state index is 11.2. The van der Waals surface area contributed by atoms with E-state index in [9.17, 15) is 9.59 Å². The summed E-state index contributed by atoms with van der Waals surface area (Å²) in [5, 5.41) is 15.9. The van der Waals surface area contributed by atoms with Crippen molar-refractivity contribution in [2.24, 2.45) is 0 Å². The van der Waals surface area contributed by atoms with E-state index in [1.54, 1.807) is 25.4 Å². The van der Waals surface area contributed by atoms with E-state index in [1.165, 1.54) is 11.3 Å². The molecule has 0 saturated carbocycles. The molecule has 0 aliphatic heterocycles. The normalized spacial score (nSPS) is 12.1. The highest BCUT2D eigenvalue weighted by atomic mass is 32.1. The molecule has 0 saturated heterocycles. The molecule has 1 unspecified atom stereocenters. The molecule has 16 heavy (non-hydrogen) atoms.